The molecule has 140 valence electrons. The second-order valence-electron chi connectivity index (χ2n) is 7.35. The van der Waals surface area contributed by atoms with Crippen molar-refractivity contribution in [1.82, 2.24) is 4.98 Å². The Bertz CT molecular complexity index is 1020. The zero-order valence-electron chi connectivity index (χ0n) is 15.9. The van der Waals surface area contributed by atoms with Gasteiger partial charge in [-0.3, -0.25) is 4.79 Å². The molecule has 0 spiro atoms. The zero-order chi connectivity index (χ0) is 19.1. The number of hydrogen-bond donors (Lipinski definition) is 2. The molecule has 0 amide bonds. The Labute approximate surface area is 158 Å². The SMILES string of the molecule is COc1cc2c(cc1[O-])CC[NH+](CC(=O)c1c(C)[nH]c3ccccc13)C2C. The molecule has 2 N–H and O–H groups in total. The van der Waals surface area contributed by atoms with Crippen molar-refractivity contribution >= 4 is 16.7 Å². The van der Waals surface area contributed by atoms with E-state index in [9.17, 15) is 9.90 Å². The Balaban J connectivity index is 1.62. The molecule has 0 fully saturated rings. The van der Waals surface area contributed by atoms with Gasteiger partial charge in [-0.05, 0) is 31.5 Å². The zero-order valence-corrected chi connectivity index (χ0v) is 15.9. The van der Waals surface area contributed by atoms with Gasteiger partial charge in [0.1, 0.15) is 18.3 Å². The number of nitrogens with one attached hydrogen (secondary N) is 2. The number of ether oxygens (including phenoxy) is 1. The highest BCUT2D eigenvalue weighted by Gasteiger charge is 2.31. The van der Waals surface area contributed by atoms with Crippen molar-refractivity contribution in [2.75, 3.05) is 20.2 Å². The number of aromatic nitrogens is 1. The fourth-order valence-corrected chi connectivity index (χ4v) is 4.30. The molecular formula is C22H24N2O3. The fraction of sp³-hybridized carbons (Fsp3) is 0.318. The summed E-state index contributed by atoms with van der Waals surface area (Å²) in [6.45, 7) is 5.35. The van der Waals surface area contributed by atoms with E-state index in [0.29, 0.717) is 12.3 Å². The number of rotatable bonds is 4. The largest absolute Gasteiger partial charge is 0.870 e. The van der Waals surface area contributed by atoms with Crippen LogP contribution >= 0.6 is 0 Å². The predicted molar refractivity (Wildman–Crippen MR) is 103 cm³/mol. The van der Waals surface area contributed by atoms with Crippen molar-refractivity contribution in [1.29, 1.82) is 0 Å². The van der Waals surface area contributed by atoms with Crippen LogP contribution in [0.4, 0.5) is 0 Å². The normalized spacial score (nSPS) is 19.1. The first-order valence-corrected chi connectivity index (χ1v) is 9.32. The Morgan fingerprint density at radius 3 is 2.89 bits per heavy atom. The van der Waals surface area contributed by atoms with Gasteiger partial charge in [0.05, 0.1) is 19.2 Å². The minimum absolute atomic E-state index is 0.0719. The van der Waals surface area contributed by atoms with Crippen LogP contribution in [0, 0.1) is 6.92 Å². The maximum Gasteiger partial charge on any atom is 0.219 e. The van der Waals surface area contributed by atoms with Crippen molar-refractivity contribution in [3.63, 3.8) is 0 Å². The first-order valence-electron chi connectivity index (χ1n) is 9.32. The molecule has 0 radical (unpaired) electrons. The van der Waals surface area contributed by atoms with Crippen LogP contribution in [-0.4, -0.2) is 31.0 Å². The minimum atomic E-state index is -0.0719. The van der Waals surface area contributed by atoms with E-state index in [0.717, 1.165) is 46.3 Å². The number of Topliss-reactive ketones (excluding diaryl/α,β-unsaturated/α-hetero) is 1. The Kier molecular flexibility index (Phi) is 4.40. The quantitative estimate of drug-likeness (QED) is 0.695. The van der Waals surface area contributed by atoms with Crippen LogP contribution < -0.4 is 14.7 Å². The molecule has 5 nitrogen and oxygen atoms in total. The van der Waals surface area contributed by atoms with Gasteiger partial charge < -0.3 is 19.7 Å². The lowest BCUT2D eigenvalue weighted by Crippen LogP contribution is -3.13. The Morgan fingerprint density at radius 2 is 2.11 bits per heavy atom. The van der Waals surface area contributed by atoms with E-state index >= 15 is 0 Å². The van der Waals surface area contributed by atoms with Crippen molar-refractivity contribution in [3.8, 4) is 11.5 Å². The third-order valence-electron chi connectivity index (χ3n) is 5.78. The van der Waals surface area contributed by atoms with E-state index in [1.165, 1.54) is 12.0 Å². The molecule has 1 aromatic heterocycles. The summed E-state index contributed by atoms with van der Waals surface area (Å²) >= 11 is 0. The minimum Gasteiger partial charge on any atom is -0.870 e. The van der Waals surface area contributed by atoms with E-state index in [4.69, 9.17) is 4.74 Å². The van der Waals surface area contributed by atoms with E-state index in [1.807, 2.05) is 37.3 Å². The second-order valence-corrected chi connectivity index (χ2v) is 7.35. The third-order valence-corrected chi connectivity index (χ3v) is 5.78. The molecule has 27 heavy (non-hydrogen) atoms. The van der Waals surface area contributed by atoms with Gasteiger partial charge in [0.25, 0.3) is 0 Å². The maximum absolute atomic E-state index is 13.1. The third kappa shape index (κ3) is 2.98. The molecule has 2 unspecified atom stereocenters. The van der Waals surface area contributed by atoms with Crippen LogP contribution in [0.15, 0.2) is 36.4 Å². The van der Waals surface area contributed by atoms with Gasteiger partial charge in [0.15, 0.2) is 0 Å². The van der Waals surface area contributed by atoms with Crippen LogP contribution in [0.2, 0.25) is 0 Å². The number of aryl methyl sites for hydroxylation is 1. The molecule has 0 saturated carbocycles. The van der Waals surface area contributed by atoms with Gasteiger partial charge in [-0.15, -0.1) is 0 Å². The highest BCUT2D eigenvalue weighted by atomic mass is 16.5. The number of carbonyl (C=O) groups excluding carboxylic acids is 1. The molecule has 1 aliphatic heterocycles. The van der Waals surface area contributed by atoms with E-state index in [2.05, 4.69) is 11.9 Å². The topological polar surface area (TPSA) is 69.6 Å². The summed E-state index contributed by atoms with van der Waals surface area (Å²) in [5.74, 6) is 0.459. The summed E-state index contributed by atoms with van der Waals surface area (Å²) in [6.07, 6.45) is 0.800. The summed E-state index contributed by atoms with van der Waals surface area (Å²) in [5, 5.41) is 13.0. The molecule has 1 aliphatic rings. The molecule has 2 aromatic carbocycles. The first-order chi connectivity index (χ1) is 13.0. The Hall–Kier alpha value is -2.79. The molecule has 5 heteroatoms. The van der Waals surface area contributed by atoms with E-state index < -0.39 is 0 Å². The highest BCUT2D eigenvalue weighted by molar-refractivity contribution is 6.09. The lowest BCUT2D eigenvalue weighted by Gasteiger charge is -2.33. The number of carbonyl (C=O) groups is 1. The van der Waals surface area contributed by atoms with Gasteiger partial charge in [-0.25, -0.2) is 0 Å². The molecule has 2 heterocycles. The summed E-state index contributed by atoms with van der Waals surface area (Å²) in [7, 11) is 1.52. The van der Waals surface area contributed by atoms with Crippen molar-refractivity contribution in [2.45, 2.75) is 26.3 Å². The van der Waals surface area contributed by atoms with Crippen molar-refractivity contribution in [2.24, 2.45) is 0 Å². The molecule has 0 bridgehead atoms. The molecule has 3 aromatic rings. The van der Waals surface area contributed by atoms with Gasteiger partial charge in [0.2, 0.25) is 5.78 Å². The van der Waals surface area contributed by atoms with Gasteiger partial charge in [-0.1, -0.05) is 30.0 Å². The number of quaternary nitrogens is 1. The van der Waals surface area contributed by atoms with Crippen molar-refractivity contribution < 1.29 is 19.5 Å². The molecule has 0 aliphatic carbocycles. The average Bonchev–Trinajstić information content (AvgIpc) is 2.99. The lowest BCUT2D eigenvalue weighted by atomic mass is 9.92. The summed E-state index contributed by atoms with van der Waals surface area (Å²) in [5.41, 5.74) is 4.90. The Morgan fingerprint density at radius 1 is 1.33 bits per heavy atom. The number of ketones is 1. The van der Waals surface area contributed by atoms with E-state index in [1.54, 1.807) is 6.07 Å². The van der Waals surface area contributed by atoms with Gasteiger partial charge >= 0.3 is 0 Å². The van der Waals surface area contributed by atoms with Gasteiger partial charge in [0, 0.05) is 28.6 Å². The fourth-order valence-electron chi connectivity index (χ4n) is 4.30. The summed E-state index contributed by atoms with van der Waals surface area (Å²) in [6, 6.07) is 11.6. The predicted octanol–water partition coefficient (Wildman–Crippen LogP) is 1.94. The number of benzene rings is 2. The molecular weight excluding hydrogens is 340 g/mol. The van der Waals surface area contributed by atoms with E-state index in [-0.39, 0.29) is 17.6 Å². The van der Waals surface area contributed by atoms with Gasteiger partial charge in [-0.2, -0.15) is 0 Å². The number of aromatic amines is 1. The first kappa shape index (κ1) is 17.6. The molecule has 4 rings (SSSR count). The number of H-pyrrole nitrogens is 1. The summed E-state index contributed by atoms with van der Waals surface area (Å²) in [4.78, 5) is 17.7. The number of methoxy groups -OCH3 is 1. The smallest absolute Gasteiger partial charge is 0.219 e. The highest BCUT2D eigenvalue weighted by Crippen LogP contribution is 2.31. The van der Waals surface area contributed by atoms with Crippen molar-refractivity contribution in [3.05, 3.63) is 58.8 Å². The second kappa shape index (κ2) is 6.74. The van der Waals surface area contributed by atoms with Crippen LogP contribution in [-0.2, 0) is 6.42 Å². The molecule has 2 atom stereocenters. The lowest BCUT2D eigenvalue weighted by molar-refractivity contribution is -0.923. The maximum atomic E-state index is 13.1. The van der Waals surface area contributed by atoms with Crippen LogP contribution in [0.1, 0.15) is 40.1 Å². The van der Waals surface area contributed by atoms with Crippen LogP contribution in [0.5, 0.6) is 11.5 Å². The molecule has 0 saturated heterocycles. The average molecular weight is 364 g/mol. The standard InChI is InChI=1S/C22H24N2O3/c1-13-22(16-6-4-5-7-18(16)23-13)20(26)12-24-9-8-15-10-19(25)21(27-3)11-17(15)14(24)2/h4-7,10-11,14,23,25H,8-9,12H2,1-3H3. The van der Waals surface area contributed by atoms with Crippen LogP contribution in [0.3, 0.4) is 0 Å². The van der Waals surface area contributed by atoms with Crippen LogP contribution in [0.25, 0.3) is 10.9 Å². The monoisotopic (exact) mass is 364 g/mol. The number of hydrogen-bond acceptors (Lipinski definition) is 3. The number of para-hydroxylation sites is 1. The summed E-state index contributed by atoms with van der Waals surface area (Å²) < 4.78 is 5.21. The number of fused-ring (bicyclic) bond motifs is 2.